The van der Waals surface area contributed by atoms with Gasteiger partial charge in [0.25, 0.3) is 5.91 Å². The summed E-state index contributed by atoms with van der Waals surface area (Å²) in [6.45, 7) is -0.540. The van der Waals surface area contributed by atoms with E-state index in [4.69, 9.17) is 16.3 Å². The van der Waals surface area contributed by atoms with E-state index in [1.54, 1.807) is 30.3 Å². The number of rotatable bonds is 7. The maximum Gasteiger partial charge on any atom is 0.307 e. The molecule has 0 saturated carbocycles. The Labute approximate surface area is 187 Å². The molecule has 0 saturated heterocycles. The van der Waals surface area contributed by atoms with Gasteiger partial charge in [0.05, 0.1) is 27.8 Å². The first kappa shape index (κ1) is 22.3. The van der Waals surface area contributed by atoms with Crippen molar-refractivity contribution in [2.75, 3.05) is 17.7 Å². The number of amides is 1. The summed E-state index contributed by atoms with van der Waals surface area (Å²) < 4.78 is 30.7. The number of esters is 1. The summed E-state index contributed by atoms with van der Waals surface area (Å²) in [6.07, 6.45) is -0.360. The van der Waals surface area contributed by atoms with Crippen molar-refractivity contribution in [1.29, 1.82) is 0 Å². The van der Waals surface area contributed by atoms with Crippen LogP contribution in [-0.4, -0.2) is 32.7 Å². The van der Waals surface area contributed by atoms with Crippen molar-refractivity contribution in [3.63, 3.8) is 0 Å². The van der Waals surface area contributed by atoms with E-state index >= 15 is 0 Å². The zero-order valence-corrected chi connectivity index (χ0v) is 18.8. The van der Waals surface area contributed by atoms with Crippen LogP contribution in [0.15, 0.2) is 70.0 Å². The third kappa shape index (κ3) is 5.81. The average molecular weight is 511 g/mol. The van der Waals surface area contributed by atoms with Gasteiger partial charge < -0.3 is 10.1 Å². The van der Waals surface area contributed by atoms with Crippen LogP contribution in [0.3, 0.4) is 0 Å². The Morgan fingerprint density at radius 3 is 2.47 bits per heavy atom. The Hall–Kier alpha value is -2.42. The second kappa shape index (κ2) is 9.59. The standard InChI is InChI=1S/C21H17BrClNO5S/c22-16-6-8-19(18(23)12-16)24-20(25)13-29-21(26)9-10-30(27,28)17-7-5-14-3-1-2-4-15(14)11-17/h1-8,11-12H,9-10,13H2,(H,24,25). The molecule has 1 amide bonds. The number of hydrogen-bond acceptors (Lipinski definition) is 5. The highest BCUT2D eigenvalue weighted by molar-refractivity contribution is 9.10. The molecule has 156 valence electrons. The molecule has 0 aromatic heterocycles. The second-order valence-corrected chi connectivity index (χ2v) is 9.84. The molecule has 1 N–H and O–H groups in total. The third-order valence-electron chi connectivity index (χ3n) is 4.22. The number of halogens is 2. The van der Waals surface area contributed by atoms with Crippen LogP contribution in [0, 0.1) is 0 Å². The van der Waals surface area contributed by atoms with Gasteiger partial charge in [-0.15, -0.1) is 0 Å². The molecule has 6 nitrogen and oxygen atoms in total. The Balaban J connectivity index is 1.52. The molecule has 0 fully saturated rings. The maximum atomic E-state index is 12.5. The summed E-state index contributed by atoms with van der Waals surface area (Å²) in [5.41, 5.74) is 0.375. The molecule has 0 bridgehead atoms. The minimum Gasteiger partial charge on any atom is -0.456 e. The quantitative estimate of drug-likeness (QED) is 0.469. The number of fused-ring (bicyclic) bond motifs is 1. The van der Waals surface area contributed by atoms with Crippen LogP contribution >= 0.6 is 27.5 Å². The first-order valence-corrected chi connectivity index (χ1v) is 11.7. The van der Waals surface area contributed by atoms with Gasteiger partial charge in [-0.1, -0.05) is 57.9 Å². The fourth-order valence-corrected chi connectivity index (χ4v) is 4.67. The molecule has 0 unspecified atom stereocenters. The molecule has 9 heteroatoms. The third-order valence-corrected chi connectivity index (χ3v) is 6.74. The van der Waals surface area contributed by atoms with Crippen molar-refractivity contribution in [3.8, 4) is 0 Å². The van der Waals surface area contributed by atoms with Gasteiger partial charge in [-0.25, -0.2) is 8.42 Å². The normalized spacial score (nSPS) is 11.3. The molecule has 0 atom stereocenters. The van der Waals surface area contributed by atoms with Crippen LogP contribution in [0.25, 0.3) is 10.8 Å². The minimum absolute atomic E-state index is 0.136. The predicted octanol–water partition coefficient (Wildman–Crippen LogP) is 4.60. The molecule has 3 rings (SSSR count). The number of nitrogens with one attached hydrogen (secondary N) is 1. The maximum absolute atomic E-state index is 12.5. The van der Waals surface area contributed by atoms with E-state index in [0.717, 1.165) is 15.2 Å². The molecule has 0 spiro atoms. The first-order valence-electron chi connectivity index (χ1n) is 8.87. The predicted molar refractivity (Wildman–Crippen MR) is 119 cm³/mol. The Bertz CT molecular complexity index is 1210. The first-order chi connectivity index (χ1) is 14.2. The van der Waals surface area contributed by atoms with Gasteiger partial charge >= 0.3 is 5.97 Å². The number of ether oxygens (including phenoxy) is 1. The average Bonchev–Trinajstić information content (AvgIpc) is 2.72. The number of hydrogen-bond donors (Lipinski definition) is 1. The highest BCUT2D eigenvalue weighted by Gasteiger charge is 2.18. The lowest BCUT2D eigenvalue weighted by molar-refractivity contribution is -0.146. The molecular formula is C21H17BrClNO5S. The zero-order valence-electron chi connectivity index (χ0n) is 15.6. The van der Waals surface area contributed by atoms with Crippen molar-refractivity contribution in [2.45, 2.75) is 11.3 Å². The zero-order chi connectivity index (χ0) is 21.7. The van der Waals surface area contributed by atoms with Gasteiger partial charge in [0, 0.05) is 4.47 Å². The van der Waals surface area contributed by atoms with Gasteiger partial charge in [0.2, 0.25) is 0 Å². The van der Waals surface area contributed by atoms with Crippen molar-refractivity contribution in [2.24, 2.45) is 0 Å². The summed E-state index contributed by atoms with van der Waals surface area (Å²) in [5.74, 6) is -1.77. The Morgan fingerprint density at radius 2 is 1.73 bits per heavy atom. The summed E-state index contributed by atoms with van der Waals surface area (Å²) in [6, 6.07) is 17.1. The molecule has 0 aliphatic rings. The number of sulfone groups is 1. The lowest BCUT2D eigenvalue weighted by Gasteiger charge is -2.09. The van der Waals surface area contributed by atoms with Crippen LogP contribution in [-0.2, 0) is 24.2 Å². The second-order valence-electron chi connectivity index (χ2n) is 6.41. The smallest absolute Gasteiger partial charge is 0.307 e. The minimum atomic E-state index is -3.67. The highest BCUT2D eigenvalue weighted by atomic mass is 79.9. The SMILES string of the molecule is O=C(COC(=O)CCS(=O)(=O)c1ccc2ccccc2c1)Nc1ccc(Br)cc1Cl. The lowest BCUT2D eigenvalue weighted by Crippen LogP contribution is -2.22. The van der Waals surface area contributed by atoms with Gasteiger partial charge in [0.1, 0.15) is 0 Å². The highest BCUT2D eigenvalue weighted by Crippen LogP contribution is 2.25. The van der Waals surface area contributed by atoms with Crippen molar-refractivity contribution in [3.05, 3.63) is 70.2 Å². The van der Waals surface area contributed by atoms with E-state index in [9.17, 15) is 18.0 Å². The van der Waals surface area contributed by atoms with Gasteiger partial charge in [-0.3, -0.25) is 9.59 Å². The fraction of sp³-hybridized carbons (Fsp3) is 0.143. The van der Waals surface area contributed by atoms with Crippen molar-refractivity contribution < 1.29 is 22.7 Å². The fourth-order valence-electron chi connectivity index (χ4n) is 2.69. The molecule has 0 heterocycles. The van der Waals surface area contributed by atoms with E-state index in [0.29, 0.717) is 10.7 Å². The van der Waals surface area contributed by atoms with Gasteiger partial charge in [0.15, 0.2) is 16.4 Å². The van der Waals surface area contributed by atoms with Crippen molar-refractivity contribution in [1.82, 2.24) is 0 Å². The topological polar surface area (TPSA) is 89.5 Å². The van der Waals surface area contributed by atoms with Crippen molar-refractivity contribution >= 4 is 65.7 Å². The molecular weight excluding hydrogens is 494 g/mol. The summed E-state index contributed by atoms with van der Waals surface area (Å²) in [7, 11) is -3.67. The number of benzene rings is 3. The molecule has 0 aliphatic heterocycles. The van der Waals surface area contributed by atoms with Crippen LogP contribution in [0.5, 0.6) is 0 Å². The van der Waals surface area contributed by atoms with Gasteiger partial charge in [-0.2, -0.15) is 0 Å². The molecule has 3 aromatic rings. The molecule has 0 aliphatic carbocycles. The molecule has 3 aromatic carbocycles. The lowest BCUT2D eigenvalue weighted by atomic mass is 10.1. The van der Waals surface area contributed by atoms with Crippen LogP contribution in [0.2, 0.25) is 5.02 Å². The van der Waals surface area contributed by atoms with E-state index in [1.165, 1.54) is 6.07 Å². The largest absolute Gasteiger partial charge is 0.456 e. The summed E-state index contributed by atoms with van der Waals surface area (Å²) >= 11 is 9.27. The Morgan fingerprint density at radius 1 is 1.00 bits per heavy atom. The van der Waals surface area contributed by atoms with E-state index < -0.39 is 34.1 Å². The van der Waals surface area contributed by atoms with E-state index in [2.05, 4.69) is 21.2 Å². The van der Waals surface area contributed by atoms with Crippen LogP contribution < -0.4 is 5.32 Å². The number of anilines is 1. The van der Waals surface area contributed by atoms with Crippen LogP contribution in [0.4, 0.5) is 5.69 Å². The molecule has 0 radical (unpaired) electrons. The van der Waals surface area contributed by atoms with E-state index in [1.807, 2.05) is 24.3 Å². The number of carbonyl (C=O) groups is 2. The number of carbonyl (C=O) groups excluding carboxylic acids is 2. The van der Waals surface area contributed by atoms with E-state index in [-0.39, 0.29) is 11.3 Å². The van der Waals surface area contributed by atoms with Crippen LogP contribution in [0.1, 0.15) is 6.42 Å². The molecule has 30 heavy (non-hydrogen) atoms. The monoisotopic (exact) mass is 509 g/mol. The van der Waals surface area contributed by atoms with Gasteiger partial charge in [-0.05, 0) is 41.1 Å². The Kier molecular flexibility index (Phi) is 7.12. The summed E-state index contributed by atoms with van der Waals surface area (Å²) in [4.78, 5) is 24.0. The summed E-state index contributed by atoms with van der Waals surface area (Å²) in [5, 5.41) is 4.56.